The van der Waals surface area contributed by atoms with Crippen LogP contribution >= 0.6 is 0 Å². The van der Waals surface area contributed by atoms with Crippen LogP contribution in [0.4, 0.5) is 10.3 Å². The van der Waals surface area contributed by atoms with E-state index in [0.29, 0.717) is 67.7 Å². The van der Waals surface area contributed by atoms with Crippen molar-refractivity contribution in [3.05, 3.63) is 48.2 Å². The van der Waals surface area contributed by atoms with Gasteiger partial charge in [0.15, 0.2) is 6.29 Å². The Kier molecular flexibility index (Phi) is 7.49. The van der Waals surface area contributed by atoms with Crippen molar-refractivity contribution in [2.75, 3.05) is 38.8 Å². The lowest BCUT2D eigenvalue weighted by Crippen LogP contribution is -2.43. The predicted octanol–water partition coefficient (Wildman–Crippen LogP) is 2.54. The smallest absolute Gasteiger partial charge is 0.228 e. The molecule has 0 unspecified atom stereocenters. The van der Waals surface area contributed by atoms with Crippen LogP contribution in [0.2, 0.25) is 0 Å². The summed E-state index contributed by atoms with van der Waals surface area (Å²) in [6.45, 7) is 1.68. The molecule has 2 fully saturated rings. The number of aromatic amines is 1. The Morgan fingerprint density at radius 3 is 2.67 bits per heavy atom. The quantitative estimate of drug-likeness (QED) is 0.366. The number of benzene rings is 1. The first kappa shape index (κ1) is 24.3. The molecule has 1 aliphatic heterocycles. The fourth-order valence-electron chi connectivity index (χ4n) is 3.89. The summed E-state index contributed by atoms with van der Waals surface area (Å²) in [6.07, 6.45) is 3.56. The van der Waals surface area contributed by atoms with Crippen LogP contribution in [0.25, 0.3) is 22.6 Å². The second kappa shape index (κ2) is 11.1. The third kappa shape index (κ3) is 6.04. The highest BCUT2D eigenvalue weighted by Gasteiger charge is 2.32. The number of carbonyl (C=O) groups excluding carboxylic acids is 1. The Balaban J connectivity index is 1.33. The van der Waals surface area contributed by atoms with Gasteiger partial charge in [-0.3, -0.25) is 4.79 Å². The van der Waals surface area contributed by atoms with Gasteiger partial charge < -0.3 is 29.8 Å². The molecule has 1 aliphatic carbocycles. The maximum absolute atomic E-state index is 13.6. The Hall–Kier alpha value is -3.41. The predicted molar refractivity (Wildman–Crippen MR) is 129 cm³/mol. The summed E-state index contributed by atoms with van der Waals surface area (Å²) in [4.78, 5) is 29.2. The van der Waals surface area contributed by atoms with Crippen molar-refractivity contribution in [1.29, 1.82) is 0 Å². The fraction of sp³-hybridized carbons (Fsp3) is 0.440. The van der Waals surface area contributed by atoms with E-state index in [1.54, 1.807) is 31.5 Å². The summed E-state index contributed by atoms with van der Waals surface area (Å²) >= 11 is 0. The number of aromatic nitrogens is 4. The molecule has 0 atom stereocenters. The van der Waals surface area contributed by atoms with E-state index in [1.165, 1.54) is 12.1 Å². The molecule has 3 N–H and O–H groups in total. The maximum atomic E-state index is 13.6. The van der Waals surface area contributed by atoms with Crippen molar-refractivity contribution < 1.29 is 23.4 Å². The lowest BCUT2D eigenvalue weighted by Gasteiger charge is -2.28. The summed E-state index contributed by atoms with van der Waals surface area (Å²) < 4.78 is 30.3. The normalized spacial score (nSPS) is 19.7. The number of imidazole rings is 1. The minimum atomic E-state index is -0.535. The van der Waals surface area contributed by atoms with Crippen LogP contribution in [0.1, 0.15) is 18.7 Å². The van der Waals surface area contributed by atoms with Crippen molar-refractivity contribution in [3.8, 4) is 22.6 Å². The summed E-state index contributed by atoms with van der Waals surface area (Å²) in [5.74, 6) is 0.428. The first-order valence-corrected chi connectivity index (χ1v) is 12.0. The standard InChI is InChI=1S/C25H29FN6O4/c1-34-11-10-28-25-27-9-8-19(30-25)23-22(15-2-4-17(26)5-3-15)31-20(32-23)12-21-35-13-16(14-36-21)24(33)29-18-6-7-18/h2-5,8-9,16,18,21H,6-7,10-14H2,1H3,(H,29,33)(H,31,32)(H,27,28,30). The molecular formula is C25H29FN6O4. The third-order valence-electron chi connectivity index (χ3n) is 5.99. The number of carbonyl (C=O) groups is 1. The van der Waals surface area contributed by atoms with E-state index in [4.69, 9.17) is 19.2 Å². The molecule has 0 bridgehead atoms. The zero-order chi connectivity index (χ0) is 24.9. The summed E-state index contributed by atoms with van der Waals surface area (Å²) in [6, 6.07) is 8.22. The van der Waals surface area contributed by atoms with Gasteiger partial charge in [0.1, 0.15) is 11.6 Å². The SMILES string of the molecule is COCCNc1nccc(-c2[nH]c(CC3OCC(C(=O)NC4CC4)CO3)nc2-c2ccc(F)cc2)n1. The number of methoxy groups -OCH3 is 1. The zero-order valence-corrected chi connectivity index (χ0v) is 20.0. The number of amides is 1. The molecular weight excluding hydrogens is 467 g/mol. The topological polar surface area (TPSA) is 123 Å². The number of nitrogens with one attached hydrogen (secondary N) is 3. The zero-order valence-electron chi connectivity index (χ0n) is 20.0. The molecule has 3 aromatic rings. The molecule has 10 nitrogen and oxygen atoms in total. The van der Waals surface area contributed by atoms with Crippen LogP contribution < -0.4 is 10.6 Å². The first-order chi connectivity index (χ1) is 17.6. The summed E-state index contributed by atoms with van der Waals surface area (Å²) in [7, 11) is 1.63. The third-order valence-corrected chi connectivity index (χ3v) is 5.99. The van der Waals surface area contributed by atoms with Crippen LogP contribution in [-0.4, -0.2) is 71.7 Å². The average molecular weight is 497 g/mol. The Labute approximate surface area is 208 Å². The van der Waals surface area contributed by atoms with E-state index < -0.39 is 6.29 Å². The van der Waals surface area contributed by atoms with E-state index in [-0.39, 0.29) is 17.6 Å². The van der Waals surface area contributed by atoms with Gasteiger partial charge in [0.2, 0.25) is 11.9 Å². The van der Waals surface area contributed by atoms with Crippen LogP contribution in [0.15, 0.2) is 36.5 Å². The number of halogens is 1. The number of hydrogen-bond acceptors (Lipinski definition) is 8. The van der Waals surface area contributed by atoms with Crippen molar-refractivity contribution in [3.63, 3.8) is 0 Å². The van der Waals surface area contributed by atoms with Gasteiger partial charge in [0, 0.05) is 31.5 Å². The molecule has 1 saturated carbocycles. The second-order valence-corrected chi connectivity index (χ2v) is 8.88. The largest absolute Gasteiger partial charge is 0.383 e. The molecule has 36 heavy (non-hydrogen) atoms. The number of hydrogen-bond donors (Lipinski definition) is 3. The van der Waals surface area contributed by atoms with Crippen LogP contribution in [0.3, 0.4) is 0 Å². The number of ether oxygens (including phenoxy) is 3. The van der Waals surface area contributed by atoms with E-state index in [1.807, 2.05) is 0 Å². The number of H-pyrrole nitrogens is 1. The molecule has 1 amide bonds. The van der Waals surface area contributed by atoms with E-state index in [2.05, 4.69) is 25.6 Å². The summed E-state index contributed by atoms with van der Waals surface area (Å²) in [5, 5.41) is 6.11. The Morgan fingerprint density at radius 2 is 1.94 bits per heavy atom. The van der Waals surface area contributed by atoms with E-state index in [9.17, 15) is 9.18 Å². The van der Waals surface area contributed by atoms with Crippen molar-refractivity contribution in [2.45, 2.75) is 31.6 Å². The second-order valence-electron chi connectivity index (χ2n) is 8.88. The highest BCUT2D eigenvalue weighted by atomic mass is 19.1. The maximum Gasteiger partial charge on any atom is 0.228 e. The molecule has 3 heterocycles. The van der Waals surface area contributed by atoms with Crippen LogP contribution in [0, 0.1) is 11.7 Å². The van der Waals surface area contributed by atoms with Gasteiger partial charge in [-0.1, -0.05) is 0 Å². The van der Waals surface area contributed by atoms with Crippen molar-refractivity contribution >= 4 is 11.9 Å². The van der Waals surface area contributed by atoms with Gasteiger partial charge in [-0.2, -0.15) is 0 Å². The molecule has 2 aliphatic rings. The molecule has 2 aromatic heterocycles. The molecule has 190 valence electrons. The lowest BCUT2D eigenvalue weighted by molar-refractivity contribution is -0.200. The van der Waals surface area contributed by atoms with Gasteiger partial charge in [0.25, 0.3) is 0 Å². The lowest BCUT2D eigenvalue weighted by atomic mass is 10.1. The monoisotopic (exact) mass is 496 g/mol. The fourth-order valence-corrected chi connectivity index (χ4v) is 3.89. The van der Waals surface area contributed by atoms with Gasteiger partial charge in [-0.25, -0.2) is 19.3 Å². The van der Waals surface area contributed by atoms with Gasteiger partial charge >= 0.3 is 0 Å². The Bertz CT molecular complexity index is 1180. The van der Waals surface area contributed by atoms with Gasteiger partial charge in [-0.15, -0.1) is 0 Å². The van der Waals surface area contributed by atoms with E-state index >= 15 is 0 Å². The number of nitrogens with zero attached hydrogens (tertiary/aromatic N) is 3. The Morgan fingerprint density at radius 1 is 1.17 bits per heavy atom. The molecule has 0 spiro atoms. The molecule has 5 rings (SSSR count). The number of rotatable bonds is 10. The molecule has 1 saturated heterocycles. The highest BCUT2D eigenvalue weighted by Crippen LogP contribution is 2.30. The average Bonchev–Trinajstić information content (AvgIpc) is 3.61. The highest BCUT2D eigenvalue weighted by molar-refractivity contribution is 5.79. The van der Waals surface area contributed by atoms with E-state index in [0.717, 1.165) is 18.4 Å². The van der Waals surface area contributed by atoms with Crippen LogP contribution in [-0.2, 0) is 25.4 Å². The number of anilines is 1. The molecule has 0 radical (unpaired) electrons. The van der Waals surface area contributed by atoms with Crippen molar-refractivity contribution in [1.82, 2.24) is 25.3 Å². The molecule has 11 heteroatoms. The minimum absolute atomic E-state index is 0.0199. The van der Waals surface area contributed by atoms with Crippen molar-refractivity contribution in [2.24, 2.45) is 5.92 Å². The summed E-state index contributed by atoms with van der Waals surface area (Å²) in [5.41, 5.74) is 2.67. The first-order valence-electron chi connectivity index (χ1n) is 12.0. The van der Waals surface area contributed by atoms with Gasteiger partial charge in [-0.05, 0) is 43.2 Å². The molecule has 1 aromatic carbocycles. The minimum Gasteiger partial charge on any atom is -0.383 e. The van der Waals surface area contributed by atoms with Crippen LogP contribution in [0.5, 0.6) is 0 Å². The van der Waals surface area contributed by atoms with Gasteiger partial charge in [0.05, 0.1) is 49.2 Å².